The Bertz CT molecular complexity index is 2030. The minimum atomic E-state index is -4.97. The number of aliphatic hydroxyl groups excluding tert-OH is 1. The van der Waals surface area contributed by atoms with Crippen LogP contribution in [-0.2, 0) is 65.4 Å². The van der Waals surface area contributed by atoms with Crippen LogP contribution in [0, 0.1) is 17.8 Å². The standard InChI is InChI=1S/C86H168O17P2/c1-8-10-11-12-13-14-15-16-17-20-24-29-34-39-46-53-60-67-83(88)96-73-81(102-85(90)69-62-55-47-40-35-30-25-22-19-18-21-23-28-33-38-45-52-59-66-79(7)9-2)75-100-104(92,93)98-71-80(87)72-99-105(94,95)101-76-82(74-97-84(89)68-61-54-49-42-44-51-58-65-78(5)6)103-86(91)70-63-56-48-41-36-31-26-27-32-37-43-50-57-64-77(3)4/h77-82,87H,8-76H2,1-7H3,(H,92,93)(H,94,95)/t79?,80-,81-,82-/m1/s1. The van der Waals surface area contributed by atoms with E-state index in [0.717, 1.165) is 108 Å². The molecule has 624 valence electrons. The van der Waals surface area contributed by atoms with Crippen LogP contribution in [0.1, 0.15) is 453 Å². The molecule has 0 aliphatic heterocycles. The van der Waals surface area contributed by atoms with Gasteiger partial charge in [-0.15, -0.1) is 0 Å². The molecular weight excluding hydrogens is 1370 g/mol. The molecule has 6 atom stereocenters. The van der Waals surface area contributed by atoms with Gasteiger partial charge in [-0.1, -0.05) is 402 Å². The van der Waals surface area contributed by atoms with Gasteiger partial charge < -0.3 is 33.8 Å². The smallest absolute Gasteiger partial charge is 0.462 e. The summed E-state index contributed by atoms with van der Waals surface area (Å²) in [6.45, 7) is 12.0. The van der Waals surface area contributed by atoms with Crippen molar-refractivity contribution >= 4 is 39.5 Å². The van der Waals surface area contributed by atoms with Crippen LogP contribution < -0.4 is 0 Å². The van der Waals surface area contributed by atoms with Crippen LogP contribution in [0.4, 0.5) is 0 Å². The minimum Gasteiger partial charge on any atom is -0.462 e. The van der Waals surface area contributed by atoms with Crippen LogP contribution >= 0.6 is 15.6 Å². The van der Waals surface area contributed by atoms with Gasteiger partial charge in [-0.25, -0.2) is 9.13 Å². The summed E-state index contributed by atoms with van der Waals surface area (Å²) in [4.78, 5) is 73.2. The first-order valence-corrected chi connectivity index (χ1v) is 47.4. The molecular formula is C86H168O17P2. The first-order chi connectivity index (χ1) is 50.8. The molecule has 0 heterocycles. The molecule has 0 aromatic heterocycles. The molecule has 0 aliphatic rings. The average Bonchev–Trinajstić information content (AvgIpc) is 0.953. The summed E-state index contributed by atoms with van der Waals surface area (Å²) in [6, 6.07) is 0. The third kappa shape index (κ3) is 78.5. The molecule has 0 rings (SSSR count). The summed E-state index contributed by atoms with van der Waals surface area (Å²) in [5, 5.41) is 10.7. The second-order valence-electron chi connectivity index (χ2n) is 32.1. The van der Waals surface area contributed by atoms with E-state index in [9.17, 15) is 43.2 Å². The van der Waals surface area contributed by atoms with E-state index in [1.165, 1.54) is 257 Å². The number of ether oxygens (including phenoxy) is 4. The lowest BCUT2D eigenvalue weighted by Gasteiger charge is -2.21. The Morgan fingerprint density at radius 1 is 0.276 bits per heavy atom. The molecule has 3 unspecified atom stereocenters. The third-order valence-electron chi connectivity index (χ3n) is 20.5. The highest BCUT2D eigenvalue weighted by molar-refractivity contribution is 7.47. The lowest BCUT2D eigenvalue weighted by molar-refractivity contribution is -0.161. The maximum atomic E-state index is 13.1. The van der Waals surface area contributed by atoms with Gasteiger partial charge in [0.2, 0.25) is 0 Å². The van der Waals surface area contributed by atoms with Gasteiger partial charge in [0, 0.05) is 25.7 Å². The van der Waals surface area contributed by atoms with Crippen LogP contribution in [-0.4, -0.2) is 96.7 Å². The zero-order chi connectivity index (χ0) is 77.2. The van der Waals surface area contributed by atoms with Gasteiger partial charge in [-0.05, 0) is 43.4 Å². The van der Waals surface area contributed by atoms with E-state index < -0.39 is 97.5 Å². The van der Waals surface area contributed by atoms with E-state index in [0.29, 0.717) is 31.6 Å². The summed E-state index contributed by atoms with van der Waals surface area (Å²) >= 11 is 0. The highest BCUT2D eigenvalue weighted by Crippen LogP contribution is 2.45. The summed E-state index contributed by atoms with van der Waals surface area (Å²) in [5.41, 5.74) is 0. The summed E-state index contributed by atoms with van der Waals surface area (Å²) in [6.07, 6.45) is 66.7. The minimum absolute atomic E-state index is 0.107. The van der Waals surface area contributed by atoms with Gasteiger partial charge in [0.25, 0.3) is 0 Å². The van der Waals surface area contributed by atoms with E-state index >= 15 is 0 Å². The predicted molar refractivity (Wildman–Crippen MR) is 432 cm³/mol. The van der Waals surface area contributed by atoms with E-state index in [2.05, 4.69) is 48.5 Å². The molecule has 105 heavy (non-hydrogen) atoms. The Kier molecular flexibility index (Phi) is 74.7. The number of carbonyl (C=O) groups is 4. The number of hydrogen-bond donors (Lipinski definition) is 3. The van der Waals surface area contributed by atoms with E-state index in [1.807, 2.05) is 0 Å². The van der Waals surface area contributed by atoms with E-state index in [-0.39, 0.29) is 25.7 Å². The Morgan fingerprint density at radius 3 is 0.724 bits per heavy atom. The molecule has 0 aliphatic carbocycles. The molecule has 0 aromatic rings. The molecule has 0 spiro atoms. The van der Waals surface area contributed by atoms with Gasteiger partial charge in [-0.3, -0.25) is 37.3 Å². The average molecular weight is 1540 g/mol. The second kappa shape index (κ2) is 76.1. The number of carbonyl (C=O) groups excluding carboxylic acids is 4. The van der Waals surface area contributed by atoms with Crippen LogP contribution in [0.2, 0.25) is 0 Å². The molecule has 19 heteroatoms. The number of hydrogen-bond acceptors (Lipinski definition) is 15. The Balaban J connectivity index is 5.22. The number of aliphatic hydroxyl groups is 1. The third-order valence-corrected chi connectivity index (χ3v) is 22.4. The van der Waals surface area contributed by atoms with Crippen LogP contribution in [0.25, 0.3) is 0 Å². The quantitative estimate of drug-likeness (QED) is 0.0222. The van der Waals surface area contributed by atoms with Gasteiger partial charge in [0.15, 0.2) is 12.2 Å². The van der Waals surface area contributed by atoms with Crippen molar-refractivity contribution in [2.24, 2.45) is 17.8 Å². The normalized spacial score (nSPS) is 14.1. The van der Waals surface area contributed by atoms with Crippen LogP contribution in [0.15, 0.2) is 0 Å². The molecule has 0 saturated carbocycles. The zero-order valence-corrected chi connectivity index (χ0v) is 71.0. The summed E-state index contributed by atoms with van der Waals surface area (Å²) in [5.74, 6) is 0.257. The van der Waals surface area contributed by atoms with Crippen molar-refractivity contribution in [3.05, 3.63) is 0 Å². The van der Waals surface area contributed by atoms with Crippen LogP contribution in [0.3, 0.4) is 0 Å². The van der Waals surface area contributed by atoms with Gasteiger partial charge in [0.1, 0.15) is 19.3 Å². The lowest BCUT2D eigenvalue weighted by Crippen LogP contribution is -2.30. The second-order valence-corrected chi connectivity index (χ2v) is 35.0. The molecule has 17 nitrogen and oxygen atoms in total. The molecule has 3 N–H and O–H groups in total. The molecule has 0 aromatic carbocycles. The first kappa shape index (κ1) is 103. The molecule has 0 radical (unpaired) electrons. The van der Waals surface area contributed by atoms with Crippen molar-refractivity contribution in [1.29, 1.82) is 0 Å². The fraction of sp³-hybridized carbons (Fsp3) is 0.953. The number of unbranched alkanes of at least 4 members (excludes halogenated alkanes) is 51. The van der Waals surface area contributed by atoms with Crippen molar-refractivity contribution in [2.45, 2.75) is 471 Å². The maximum Gasteiger partial charge on any atom is 0.472 e. The summed E-state index contributed by atoms with van der Waals surface area (Å²) < 4.78 is 68.9. The van der Waals surface area contributed by atoms with E-state index in [4.69, 9.17) is 37.0 Å². The molecule has 0 amide bonds. The summed E-state index contributed by atoms with van der Waals surface area (Å²) in [7, 11) is -9.93. The monoisotopic (exact) mass is 1540 g/mol. The maximum absolute atomic E-state index is 13.1. The molecule has 0 bridgehead atoms. The predicted octanol–water partition coefficient (Wildman–Crippen LogP) is 26.1. The highest BCUT2D eigenvalue weighted by Gasteiger charge is 2.30. The van der Waals surface area contributed by atoms with Gasteiger partial charge >= 0.3 is 39.5 Å². The first-order valence-electron chi connectivity index (χ1n) is 44.4. The van der Waals surface area contributed by atoms with Gasteiger partial charge in [0.05, 0.1) is 26.4 Å². The Morgan fingerprint density at radius 2 is 0.486 bits per heavy atom. The highest BCUT2D eigenvalue weighted by atomic mass is 31.2. The number of phosphoric acid groups is 2. The molecule has 0 fully saturated rings. The van der Waals surface area contributed by atoms with Gasteiger partial charge in [-0.2, -0.15) is 0 Å². The Labute approximate surface area is 645 Å². The number of rotatable bonds is 84. The number of phosphoric ester groups is 2. The fourth-order valence-electron chi connectivity index (χ4n) is 13.3. The largest absolute Gasteiger partial charge is 0.472 e. The Hall–Kier alpha value is -1.94. The lowest BCUT2D eigenvalue weighted by atomic mass is 9.99. The zero-order valence-electron chi connectivity index (χ0n) is 69.2. The van der Waals surface area contributed by atoms with Crippen molar-refractivity contribution < 1.29 is 80.2 Å². The van der Waals surface area contributed by atoms with Crippen molar-refractivity contribution in [3.63, 3.8) is 0 Å². The fourth-order valence-corrected chi connectivity index (χ4v) is 14.9. The van der Waals surface area contributed by atoms with E-state index in [1.54, 1.807) is 0 Å². The van der Waals surface area contributed by atoms with Crippen molar-refractivity contribution in [1.82, 2.24) is 0 Å². The SMILES string of the molecule is CCCCCCCCCCCCCCCCCCCC(=O)OC[C@H](COP(=O)(O)OC[C@@H](O)COP(=O)(O)OC[C@@H](COC(=O)CCCCCCCCCC(C)C)OC(=O)CCCCCCCCCCCCCCCC(C)C)OC(=O)CCCCCCCCCCCCCCCCCCCCC(C)CC. The van der Waals surface area contributed by atoms with Crippen molar-refractivity contribution in [2.75, 3.05) is 39.6 Å². The number of esters is 4. The topological polar surface area (TPSA) is 237 Å². The molecule has 0 saturated heterocycles. The van der Waals surface area contributed by atoms with Crippen LogP contribution in [0.5, 0.6) is 0 Å². The van der Waals surface area contributed by atoms with Crippen molar-refractivity contribution in [3.8, 4) is 0 Å².